The van der Waals surface area contributed by atoms with Crippen molar-refractivity contribution >= 4 is 11.6 Å². The van der Waals surface area contributed by atoms with Gasteiger partial charge in [0.2, 0.25) is 0 Å². The highest BCUT2D eigenvalue weighted by molar-refractivity contribution is 6.29. The molecular weight excluding hydrogens is 266 g/mol. The van der Waals surface area contributed by atoms with Crippen molar-refractivity contribution in [2.24, 2.45) is 16.7 Å². The smallest absolute Gasteiger partial charge is 0.0263 e. The zero-order valence-corrected chi connectivity index (χ0v) is 14.5. The number of hydrogen-bond acceptors (Lipinski definition) is 1. The predicted molar refractivity (Wildman–Crippen MR) is 88.8 cm³/mol. The molecule has 1 saturated heterocycles. The molecule has 20 heavy (non-hydrogen) atoms. The SMILES string of the molecule is CCCC1CC(C)(CC(C)(C)C)C2CC(Cl)=CC=C2N1. The van der Waals surface area contributed by atoms with E-state index in [1.54, 1.807) is 0 Å². The van der Waals surface area contributed by atoms with E-state index in [-0.39, 0.29) is 0 Å². The van der Waals surface area contributed by atoms with Crippen LogP contribution in [0, 0.1) is 16.7 Å². The molecule has 1 nitrogen and oxygen atoms in total. The molecule has 2 aliphatic rings. The van der Waals surface area contributed by atoms with Crippen LogP contribution in [0.5, 0.6) is 0 Å². The van der Waals surface area contributed by atoms with E-state index in [2.05, 4.69) is 52.1 Å². The number of fused-ring (bicyclic) bond motifs is 1. The Morgan fingerprint density at radius 2 is 2.05 bits per heavy atom. The fourth-order valence-corrected chi connectivity index (χ4v) is 4.58. The Kier molecular flexibility index (Phi) is 4.59. The van der Waals surface area contributed by atoms with E-state index in [1.165, 1.54) is 31.4 Å². The first-order valence-corrected chi connectivity index (χ1v) is 8.44. The Bertz CT molecular complexity index is 416. The zero-order valence-electron chi connectivity index (χ0n) is 13.7. The maximum Gasteiger partial charge on any atom is 0.0263 e. The van der Waals surface area contributed by atoms with Gasteiger partial charge in [-0.25, -0.2) is 0 Å². The first kappa shape index (κ1) is 15.9. The Hall–Kier alpha value is -0.430. The van der Waals surface area contributed by atoms with Crippen molar-refractivity contribution < 1.29 is 0 Å². The van der Waals surface area contributed by atoms with Crippen LogP contribution in [0.4, 0.5) is 0 Å². The van der Waals surface area contributed by atoms with Gasteiger partial charge in [-0.3, -0.25) is 0 Å². The molecule has 0 aromatic carbocycles. The Balaban J connectivity index is 2.28. The van der Waals surface area contributed by atoms with Gasteiger partial charge in [0.25, 0.3) is 0 Å². The highest BCUT2D eigenvalue weighted by atomic mass is 35.5. The van der Waals surface area contributed by atoms with E-state index >= 15 is 0 Å². The average molecular weight is 296 g/mol. The van der Waals surface area contributed by atoms with Gasteiger partial charge in [0.1, 0.15) is 0 Å². The molecule has 0 saturated carbocycles. The van der Waals surface area contributed by atoms with Gasteiger partial charge < -0.3 is 5.32 Å². The van der Waals surface area contributed by atoms with E-state index in [0.29, 0.717) is 22.8 Å². The fourth-order valence-electron chi connectivity index (χ4n) is 4.36. The van der Waals surface area contributed by atoms with Gasteiger partial charge in [0.05, 0.1) is 0 Å². The highest BCUT2D eigenvalue weighted by Gasteiger charge is 2.45. The number of allylic oxidation sites excluding steroid dienone is 4. The number of nitrogens with one attached hydrogen (secondary N) is 1. The molecule has 1 N–H and O–H groups in total. The number of hydrogen-bond donors (Lipinski definition) is 1. The average Bonchev–Trinajstić information content (AvgIpc) is 2.28. The van der Waals surface area contributed by atoms with Crippen LogP contribution in [0.25, 0.3) is 0 Å². The molecule has 0 spiro atoms. The lowest BCUT2D eigenvalue weighted by molar-refractivity contribution is 0.0731. The van der Waals surface area contributed by atoms with Gasteiger partial charge in [-0.1, -0.05) is 52.6 Å². The summed E-state index contributed by atoms with van der Waals surface area (Å²) >= 11 is 6.32. The molecule has 3 atom stereocenters. The van der Waals surface area contributed by atoms with Crippen molar-refractivity contribution in [3.05, 3.63) is 22.9 Å². The minimum Gasteiger partial charge on any atom is -0.385 e. The van der Waals surface area contributed by atoms with Crippen LogP contribution in [0.3, 0.4) is 0 Å². The van der Waals surface area contributed by atoms with E-state index in [0.717, 1.165) is 11.5 Å². The topological polar surface area (TPSA) is 12.0 Å². The highest BCUT2D eigenvalue weighted by Crippen LogP contribution is 2.51. The third-order valence-electron chi connectivity index (χ3n) is 4.71. The van der Waals surface area contributed by atoms with Crippen molar-refractivity contribution in [2.75, 3.05) is 0 Å². The van der Waals surface area contributed by atoms with Gasteiger partial charge in [0.15, 0.2) is 0 Å². The predicted octanol–water partition coefficient (Wildman–Crippen LogP) is 5.62. The quantitative estimate of drug-likeness (QED) is 0.713. The number of rotatable bonds is 3. The maximum absolute atomic E-state index is 6.32. The van der Waals surface area contributed by atoms with Gasteiger partial charge in [0, 0.05) is 22.7 Å². The van der Waals surface area contributed by atoms with Gasteiger partial charge >= 0.3 is 0 Å². The molecular formula is C18H30ClN. The third-order valence-corrected chi connectivity index (χ3v) is 4.99. The molecule has 0 aromatic rings. The molecule has 2 heteroatoms. The van der Waals surface area contributed by atoms with Crippen molar-refractivity contribution in [3.8, 4) is 0 Å². The van der Waals surface area contributed by atoms with Crippen LogP contribution in [0.2, 0.25) is 0 Å². The second-order valence-corrected chi connectivity index (χ2v) is 8.70. The standard InChI is InChI=1S/C18H30ClN/c1-6-7-14-11-18(5,12-17(2,3)4)15-10-13(19)8-9-16(15)20-14/h8-9,14-15,20H,6-7,10-12H2,1-5H3. The monoisotopic (exact) mass is 295 g/mol. The van der Waals surface area contributed by atoms with Gasteiger partial charge in [-0.15, -0.1) is 0 Å². The van der Waals surface area contributed by atoms with E-state index < -0.39 is 0 Å². The first-order chi connectivity index (χ1) is 9.23. The van der Waals surface area contributed by atoms with Crippen molar-refractivity contribution in [2.45, 2.75) is 72.8 Å². The molecule has 1 aliphatic carbocycles. The second-order valence-electron chi connectivity index (χ2n) is 8.22. The van der Waals surface area contributed by atoms with E-state index in [1.807, 2.05) is 0 Å². The van der Waals surface area contributed by atoms with Crippen LogP contribution < -0.4 is 5.32 Å². The lowest BCUT2D eigenvalue weighted by atomic mass is 9.60. The summed E-state index contributed by atoms with van der Waals surface area (Å²) in [5.41, 5.74) is 2.14. The summed E-state index contributed by atoms with van der Waals surface area (Å²) in [4.78, 5) is 0. The van der Waals surface area contributed by atoms with E-state index in [4.69, 9.17) is 11.6 Å². The molecule has 0 bridgehead atoms. The molecule has 2 rings (SSSR count). The van der Waals surface area contributed by atoms with Gasteiger partial charge in [-0.05, 0) is 48.7 Å². The Morgan fingerprint density at radius 1 is 1.35 bits per heavy atom. The molecule has 114 valence electrons. The summed E-state index contributed by atoms with van der Waals surface area (Å²) in [6, 6.07) is 0.625. The summed E-state index contributed by atoms with van der Waals surface area (Å²) in [7, 11) is 0. The molecule has 0 radical (unpaired) electrons. The van der Waals surface area contributed by atoms with Crippen LogP contribution in [0.15, 0.2) is 22.9 Å². The van der Waals surface area contributed by atoms with Crippen LogP contribution in [0.1, 0.15) is 66.7 Å². The third kappa shape index (κ3) is 3.61. The van der Waals surface area contributed by atoms with Gasteiger partial charge in [-0.2, -0.15) is 0 Å². The fraction of sp³-hybridized carbons (Fsp3) is 0.778. The summed E-state index contributed by atoms with van der Waals surface area (Å²) in [5.74, 6) is 0.562. The molecule has 1 heterocycles. The summed E-state index contributed by atoms with van der Waals surface area (Å²) in [6.45, 7) is 11.8. The van der Waals surface area contributed by atoms with Crippen LogP contribution >= 0.6 is 11.6 Å². The molecule has 1 fully saturated rings. The largest absolute Gasteiger partial charge is 0.385 e. The first-order valence-electron chi connectivity index (χ1n) is 8.06. The maximum atomic E-state index is 6.32. The lowest BCUT2D eigenvalue weighted by Gasteiger charge is -2.50. The molecule has 0 aromatic heterocycles. The minimum absolute atomic E-state index is 0.351. The second kappa shape index (κ2) is 5.75. The van der Waals surface area contributed by atoms with Crippen molar-refractivity contribution in [3.63, 3.8) is 0 Å². The molecule has 1 aliphatic heterocycles. The summed E-state index contributed by atoms with van der Waals surface area (Å²) in [6.07, 6.45) is 10.3. The van der Waals surface area contributed by atoms with E-state index in [9.17, 15) is 0 Å². The van der Waals surface area contributed by atoms with Crippen molar-refractivity contribution in [1.29, 1.82) is 0 Å². The van der Waals surface area contributed by atoms with Crippen molar-refractivity contribution in [1.82, 2.24) is 5.32 Å². The lowest BCUT2D eigenvalue weighted by Crippen LogP contribution is -2.49. The van der Waals surface area contributed by atoms with Crippen LogP contribution in [-0.2, 0) is 0 Å². The normalized spacial score (nSPS) is 33.9. The van der Waals surface area contributed by atoms with Crippen LogP contribution in [-0.4, -0.2) is 6.04 Å². The molecule has 0 amide bonds. The molecule has 3 unspecified atom stereocenters. The summed E-state index contributed by atoms with van der Waals surface area (Å²) in [5, 5.41) is 4.78. The Morgan fingerprint density at radius 3 is 2.65 bits per heavy atom. The summed E-state index contributed by atoms with van der Waals surface area (Å²) < 4.78 is 0. The number of piperidine rings is 1. The number of halogens is 1. The minimum atomic E-state index is 0.351. The Labute approximate surface area is 129 Å². The zero-order chi connectivity index (χ0) is 15.0.